The standard InChI is InChI=1S/C19H27N3/c1-15-12-17(3)18(13-16(15)2)14-20-9-6-7-11-22-19-8-4-5-10-21-19/h4-5,8,10,12-13,20H,6-7,9,11,14H2,1-3H3,(H,21,22). The largest absolute Gasteiger partial charge is 0.370 e. The molecule has 1 aromatic carbocycles. The lowest BCUT2D eigenvalue weighted by Gasteiger charge is -2.11. The van der Waals surface area contributed by atoms with Crippen LogP contribution in [0.2, 0.25) is 0 Å². The number of pyridine rings is 1. The first kappa shape index (κ1) is 16.5. The molecule has 0 saturated heterocycles. The van der Waals surface area contributed by atoms with Crippen LogP contribution in [0.25, 0.3) is 0 Å². The maximum Gasteiger partial charge on any atom is 0.125 e. The molecule has 0 amide bonds. The van der Waals surface area contributed by atoms with Crippen LogP contribution in [0.3, 0.4) is 0 Å². The molecule has 1 aromatic heterocycles. The Morgan fingerprint density at radius 3 is 2.45 bits per heavy atom. The van der Waals surface area contributed by atoms with E-state index in [1.54, 1.807) is 0 Å². The summed E-state index contributed by atoms with van der Waals surface area (Å²) < 4.78 is 0. The number of hydrogen-bond donors (Lipinski definition) is 2. The van der Waals surface area contributed by atoms with Gasteiger partial charge in [-0.25, -0.2) is 4.98 Å². The molecule has 0 aliphatic carbocycles. The molecular weight excluding hydrogens is 270 g/mol. The van der Waals surface area contributed by atoms with Gasteiger partial charge in [0.1, 0.15) is 5.82 Å². The van der Waals surface area contributed by atoms with Crippen LogP contribution in [0.5, 0.6) is 0 Å². The monoisotopic (exact) mass is 297 g/mol. The molecule has 0 fully saturated rings. The fraction of sp³-hybridized carbons (Fsp3) is 0.421. The van der Waals surface area contributed by atoms with Gasteiger partial charge >= 0.3 is 0 Å². The zero-order chi connectivity index (χ0) is 15.8. The van der Waals surface area contributed by atoms with Gasteiger partial charge in [-0.2, -0.15) is 0 Å². The van der Waals surface area contributed by atoms with E-state index in [2.05, 4.69) is 48.5 Å². The van der Waals surface area contributed by atoms with E-state index >= 15 is 0 Å². The number of nitrogens with one attached hydrogen (secondary N) is 2. The van der Waals surface area contributed by atoms with Crippen LogP contribution in [0, 0.1) is 20.8 Å². The fourth-order valence-electron chi connectivity index (χ4n) is 2.49. The summed E-state index contributed by atoms with van der Waals surface area (Å²) >= 11 is 0. The van der Waals surface area contributed by atoms with Crippen molar-refractivity contribution in [3.05, 3.63) is 58.8 Å². The lowest BCUT2D eigenvalue weighted by atomic mass is 10.0. The summed E-state index contributed by atoms with van der Waals surface area (Å²) in [6, 6.07) is 10.5. The number of anilines is 1. The van der Waals surface area contributed by atoms with Crippen molar-refractivity contribution < 1.29 is 0 Å². The molecule has 3 nitrogen and oxygen atoms in total. The number of rotatable bonds is 8. The molecule has 3 heteroatoms. The van der Waals surface area contributed by atoms with Gasteiger partial charge < -0.3 is 10.6 Å². The van der Waals surface area contributed by atoms with Crippen molar-refractivity contribution in [3.63, 3.8) is 0 Å². The lowest BCUT2D eigenvalue weighted by molar-refractivity contribution is 0.631. The second-order valence-corrected chi connectivity index (χ2v) is 5.89. The average molecular weight is 297 g/mol. The molecule has 0 aliphatic rings. The zero-order valence-corrected chi connectivity index (χ0v) is 13.9. The van der Waals surface area contributed by atoms with Gasteiger partial charge in [-0.15, -0.1) is 0 Å². The summed E-state index contributed by atoms with van der Waals surface area (Å²) in [5.41, 5.74) is 5.55. The van der Waals surface area contributed by atoms with Crippen molar-refractivity contribution in [3.8, 4) is 0 Å². The molecule has 1 heterocycles. The van der Waals surface area contributed by atoms with E-state index in [1.165, 1.54) is 28.7 Å². The Balaban J connectivity index is 1.61. The minimum absolute atomic E-state index is 0.959. The quantitative estimate of drug-likeness (QED) is 0.723. The first-order valence-corrected chi connectivity index (χ1v) is 8.09. The van der Waals surface area contributed by atoms with Crippen LogP contribution < -0.4 is 10.6 Å². The minimum Gasteiger partial charge on any atom is -0.370 e. The maximum atomic E-state index is 4.25. The van der Waals surface area contributed by atoms with Gasteiger partial charge in [0, 0.05) is 19.3 Å². The van der Waals surface area contributed by atoms with Crippen molar-refractivity contribution in [2.24, 2.45) is 0 Å². The topological polar surface area (TPSA) is 37.0 Å². The summed E-state index contributed by atoms with van der Waals surface area (Å²) in [6.45, 7) is 9.54. The van der Waals surface area contributed by atoms with E-state index in [0.29, 0.717) is 0 Å². The molecule has 0 aliphatic heterocycles. The van der Waals surface area contributed by atoms with Crippen molar-refractivity contribution >= 4 is 5.82 Å². The van der Waals surface area contributed by atoms with E-state index < -0.39 is 0 Å². The Morgan fingerprint density at radius 1 is 0.909 bits per heavy atom. The van der Waals surface area contributed by atoms with Crippen molar-refractivity contribution in [1.82, 2.24) is 10.3 Å². The maximum absolute atomic E-state index is 4.25. The zero-order valence-electron chi connectivity index (χ0n) is 13.9. The molecule has 22 heavy (non-hydrogen) atoms. The smallest absolute Gasteiger partial charge is 0.125 e. The van der Waals surface area contributed by atoms with E-state index in [9.17, 15) is 0 Å². The molecule has 2 aromatic rings. The van der Waals surface area contributed by atoms with Crippen LogP contribution in [0.15, 0.2) is 36.5 Å². The highest BCUT2D eigenvalue weighted by Gasteiger charge is 2.01. The number of benzene rings is 1. The van der Waals surface area contributed by atoms with Crippen molar-refractivity contribution in [2.45, 2.75) is 40.2 Å². The molecule has 2 rings (SSSR count). The van der Waals surface area contributed by atoms with Gasteiger partial charge in [-0.05, 0) is 74.5 Å². The van der Waals surface area contributed by atoms with E-state index in [4.69, 9.17) is 0 Å². The van der Waals surface area contributed by atoms with Gasteiger partial charge in [0.05, 0.1) is 0 Å². The van der Waals surface area contributed by atoms with Gasteiger partial charge in [-0.1, -0.05) is 18.2 Å². The predicted molar refractivity (Wildman–Crippen MR) is 94.3 cm³/mol. The highest BCUT2D eigenvalue weighted by molar-refractivity contribution is 5.36. The van der Waals surface area contributed by atoms with E-state index in [0.717, 1.165) is 31.9 Å². The molecule has 0 unspecified atom stereocenters. The lowest BCUT2D eigenvalue weighted by Crippen LogP contribution is -2.16. The second-order valence-electron chi connectivity index (χ2n) is 5.89. The van der Waals surface area contributed by atoms with E-state index in [1.807, 2.05) is 24.4 Å². The molecule has 0 spiro atoms. The summed E-state index contributed by atoms with van der Waals surface area (Å²) in [5.74, 6) is 0.959. The Kier molecular flexibility index (Phi) is 6.41. The van der Waals surface area contributed by atoms with Crippen LogP contribution in [-0.4, -0.2) is 18.1 Å². The molecule has 118 valence electrons. The summed E-state index contributed by atoms with van der Waals surface area (Å²) in [5, 5.41) is 6.88. The highest BCUT2D eigenvalue weighted by atomic mass is 15.0. The molecule has 0 atom stereocenters. The van der Waals surface area contributed by atoms with Crippen molar-refractivity contribution in [1.29, 1.82) is 0 Å². The molecule has 0 radical (unpaired) electrons. The number of aromatic nitrogens is 1. The van der Waals surface area contributed by atoms with Crippen LogP contribution >= 0.6 is 0 Å². The van der Waals surface area contributed by atoms with Gasteiger partial charge in [0.15, 0.2) is 0 Å². The van der Waals surface area contributed by atoms with E-state index in [-0.39, 0.29) is 0 Å². The number of nitrogens with zero attached hydrogens (tertiary/aromatic N) is 1. The van der Waals surface area contributed by atoms with Crippen molar-refractivity contribution in [2.75, 3.05) is 18.4 Å². The summed E-state index contributed by atoms with van der Waals surface area (Å²) in [6.07, 6.45) is 4.13. The third-order valence-electron chi connectivity index (χ3n) is 4.02. The normalized spacial score (nSPS) is 10.7. The average Bonchev–Trinajstić information content (AvgIpc) is 2.52. The Hall–Kier alpha value is -1.87. The summed E-state index contributed by atoms with van der Waals surface area (Å²) in [4.78, 5) is 4.25. The molecule has 0 saturated carbocycles. The minimum atomic E-state index is 0.959. The second kappa shape index (κ2) is 8.54. The fourth-order valence-corrected chi connectivity index (χ4v) is 2.49. The van der Waals surface area contributed by atoms with Crippen LogP contribution in [-0.2, 0) is 6.54 Å². The molecule has 2 N–H and O–H groups in total. The first-order chi connectivity index (χ1) is 10.7. The summed E-state index contributed by atoms with van der Waals surface area (Å²) in [7, 11) is 0. The predicted octanol–water partition coefficient (Wildman–Crippen LogP) is 3.99. The first-order valence-electron chi connectivity index (χ1n) is 8.09. The third-order valence-corrected chi connectivity index (χ3v) is 4.02. The van der Waals surface area contributed by atoms with Gasteiger partial charge in [0.25, 0.3) is 0 Å². The number of hydrogen-bond acceptors (Lipinski definition) is 3. The van der Waals surface area contributed by atoms with Crippen LogP contribution in [0.1, 0.15) is 35.1 Å². The van der Waals surface area contributed by atoms with Gasteiger partial charge in [0.2, 0.25) is 0 Å². The Bertz CT molecular complexity index is 579. The number of aryl methyl sites for hydroxylation is 3. The van der Waals surface area contributed by atoms with Gasteiger partial charge in [-0.3, -0.25) is 0 Å². The highest BCUT2D eigenvalue weighted by Crippen LogP contribution is 2.15. The Labute approximate surface area is 134 Å². The molecular formula is C19H27N3. The Morgan fingerprint density at radius 2 is 1.68 bits per heavy atom. The van der Waals surface area contributed by atoms with Crippen LogP contribution in [0.4, 0.5) is 5.82 Å². The number of unbranched alkanes of at least 4 members (excludes halogenated alkanes) is 1. The SMILES string of the molecule is Cc1cc(C)c(CNCCCCNc2ccccn2)cc1C. The molecule has 0 bridgehead atoms. The third kappa shape index (κ3) is 5.15.